The maximum Gasteiger partial charge on any atom is 0.231 e. The maximum absolute atomic E-state index is 13.0. The first-order chi connectivity index (χ1) is 12.6. The number of hydrogen-bond donors (Lipinski definition) is 2. The number of nitrogens with two attached hydrogens (primary N) is 1. The van der Waals surface area contributed by atoms with Crippen LogP contribution in [0.15, 0.2) is 36.7 Å². The van der Waals surface area contributed by atoms with Gasteiger partial charge in [-0.05, 0) is 48.2 Å². The van der Waals surface area contributed by atoms with E-state index in [0.29, 0.717) is 17.0 Å². The fourth-order valence-electron chi connectivity index (χ4n) is 3.05. The Kier molecular flexibility index (Phi) is 3.99. The van der Waals surface area contributed by atoms with Gasteiger partial charge in [0.1, 0.15) is 11.7 Å². The van der Waals surface area contributed by atoms with Gasteiger partial charge >= 0.3 is 0 Å². The molecule has 7 heteroatoms. The van der Waals surface area contributed by atoms with Gasteiger partial charge < -0.3 is 11.1 Å². The van der Waals surface area contributed by atoms with Crippen molar-refractivity contribution in [1.29, 1.82) is 0 Å². The summed E-state index contributed by atoms with van der Waals surface area (Å²) in [6.07, 6.45) is 3.67. The first-order valence-corrected chi connectivity index (χ1v) is 8.52. The molecule has 1 aromatic carbocycles. The Morgan fingerprint density at radius 3 is 2.88 bits per heavy atom. The van der Waals surface area contributed by atoms with Crippen LogP contribution in [0.4, 0.5) is 15.9 Å². The highest BCUT2D eigenvalue weighted by Crippen LogP contribution is 2.35. The van der Waals surface area contributed by atoms with Crippen LogP contribution in [0.3, 0.4) is 0 Å². The van der Waals surface area contributed by atoms with Crippen molar-refractivity contribution < 1.29 is 9.18 Å². The quantitative estimate of drug-likeness (QED) is 0.704. The maximum atomic E-state index is 13.0. The standard InChI is InChI=1S/C19H18FN5O/c1-2-10-3-4-22-9-14(10)11-5-12-7-17(23-19(26)13-8-15(13)20)24-25-18(12)16(21)6-11/h3-7,9,13,15H,2,8,21H2,1H3,(H,23,24,26). The lowest BCUT2D eigenvalue weighted by atomic mass is 9.98. The molecule has 0 bridgehead atoms. The number of nitrogens with one attached hydrogen (secondary N) is 1. The Morgan fingerprint density at radius 2 is 2.15 bits per heavy atom. The number of aromatic nitrogens is 3. The summed E-state index contributed by atoms with van der Waals surface area (Å²) in [4.78, 5) is 16.1. The molecule has 1 aliphatic rings. The van der Waals surface area contributed by atoms with Gasteiger partial charge in [-0.25, -0.2) is 4.39 Å². The summed E-state index contributed by atoms with van der Waals surface area (Å²) >= 11 is 0. The number of hydrogen-bond acceptors (Lipinski definition) is 5. The van der Waals surface area contributed by atoms with E-state index in [-0.39, 0.29) is 12.3 Å². The molecule has 0 spiro atoms. The van der Waals surface area contributed by atoms with Gasteiger partial charge in [0.2, 0.25) is 5.91 Å². The molecule has 2 atom stereocenters. The third-order valence-corrected chi connectivity index (χ3v) is 4.62. The molecule has 2 unspecified atom stereocenters. The highest BCUT2D eigenvalue weighted by molar-refractivity contribution is 5.98. The largest absolute Gasteiger partial charge is 0.397 e. The number of aryl methyl sites for hydroxylation is 1. The average Bonchev–Trinajstić information content (AvgIpc) is 3.38. The Labute approximate surface area is 149 Å². The summed E-state index contributed by atoms with van der Waals surface area (Å²) in [7, 11) is 0. The molecule has 1 amide bonds. The highest BCUT2D eigenvalue weighted by atomic mass is 19.1. The number of carbonyl (C=O) groups is 1. The number of halogens is 1. The second kappa shape index (κ2) is 6.33. The van der Waals surface area contributed by atoms with E-state index in [1.54, 1.807) is 12.3 Å². The topological polar surface area (TPSA) is 93.8 Å². The van der Waals surface area contributed by atoms with Crippen LogP contribution in [0.2, 0.25) is 0 Å². The molecule has 2 aromatic heterocycles. The van der Waals surface area contributed by atoms with E-state index in [1.807, 2.05) is 24.4 Å². The summed E-state index contributed by atoms with van der Waals surface area (Å²) < 4.78 is 13.0. The zero-order valence-electron chi connectivity index (χ0n) is 14.2. The number of fused-ring (bicyclic) bond motifs is 1. The lowest BCUT2D eigenvalue weighted by Gasteiger charge is -2.11. The molecule has 6 nitrogen and oxygen atoms in total. The number of carbonyl (C=O) groups excluding carboxylic acids is 1. The summed E-state index contributed by atoms with van der Waals surface area (Å²) in [5, 5.41) is 11.5. The second-order valence-corrected chi connectivity index (χ2v) is 6.47. The molecule has 3 N–H and O–H groups in total. The van der Waals surface area contributed by atoms with Gasteiger partial charge in [-0.1, -0.05) is 6.92 Å². The summed E-state index contributed by atoms with van der Waals surface area (Å²) in [5.74, 6) is -0.651. The second-order valence-electron chi connectivity index (χ2n) is 6.47. The van der Waals surface area contributed by atoms with Gasteiger partial charge in [0.05, 0.1) is 11.6 Å². The Morgan fingerprint density at radius 1 is 1.35 bits per heavy atom. The Hall–Kier alpha value is -3.09. The van der Waals surface area contributed by atoms with Crippen LogP contribution >= 0.6 is 0 Å². The first kappa shape index (κ1) is 16.4. The summed E-state index contributed by atoms with van der Waals surface area (Å²) in [6.45, 7) is 2.08. The summed E-state index contributed by atoms with van der Waals surface area (Å²) in [5.41, 5.74) is 10.3. The van der Waals surface area contributed by atoms with E-state index in [1.165, 1.54) is 0 Å². The van der Waals surface area contributed by atoms with Crippen molar-refractivity contribution >= 4 is 28.3 Å². The van der Waals surface area contributed by atoms with Gasteiger partial charge in [0.25, 0.3) is 0 Å². The van der Waals surface area contributed by atoms with E-state index in [4.69, 9.17) is 5.73 Å². The van der Waals surface area contributed by atoms with Crippen molar-refractivity contribution in [3.8, 4) is 11.1 Å². The minimum atomic E-state index is -1.05. The minimum Gasteiger partial charge on any atom is -0.397 e. The zero-order valence-corrected chi connectivity index (χ0v) is 14.2. The molecule has 1 saturated carbocycles. The lowest BCUT2D eigenvalue weighted by molar-refractivity contribution is -0.117. The van der Waals surface area contributed by atoms with Crippen LogP contribution in [0.5, 0.6) is 0 Å². The van der Waals surface area contributed by atoms with Crippen molar-refractivity contribution in [2.75, 3.05) is 11.1 Å². The first-order valence-electron chi connectivity index (χ1n) is 8.52. The van der Waals surface area contributed by atoms with Crippen LogP contribution in [-0.2, 0) is 11.2 Å². The van der Waals surface area contributed by atoms with Crippen molar-refractivity contribution in [2.45, 2.75) is 25.9 Å². The van der Waals surface area contributed by atoms with Gasteiger partial charge in [-0.3, -0.25) is 9.78 Å². The van der Waals surface area contributed by atoms with Crippen LogP contribution in [-0.4, -0.2) is 27.3 Å². The molecular weight excluding hydrogens is 333 g/mol. The predicted molar refractivity (Wildman–Crippen MR) is 98.2 cm³/mol. The van der Waals surface area contributed by atoms with Gasteiger partial charge in [0, 0.05) is 23.3 Å². The van der Waals surface area contributed by atoms with Crippen molar-refractivity contribution in [3.05, 3.63) is 42.2 Å². The number of benzene rings is 1. The van der Waals surface area contributed by atoms with Crippen LogP contribution in [0.25, 0.3) is 22.0 Å². The lowest BCUT2D eigenvalue weighted by Crippen LogP contribution is -2.16. The van der Waals surface area contributed by atoms with E-state index in [2.05, 4.69) is 27.4 Å². The van der Waals surface area contributed by atoms with Gasteiger partial charge in [-0.15, -0.1) is 10.2 Å². The SMILES string of the molecule is CCc1ccncc1-c1cc(N)c2nnc(NC(=O)C3CC3F)cc2c1. The average molecular weight is 351 g/mol. The van der Waals surface area contributed by atoms with Gasteiger partial charge in [-0.2, -0.15) is 0 Å². The van der Waals surface area contributed by atoms with Crippen molar-refractivity contribution in [1.82, 2.24) is 15.2 Å². The Balaban J connectivity index is 1.73. The molecule has 1 fully saturated rings. The minimum absolute atomic E-state index is 0.269. The number of rotatable bonds is 4. The van der Waals surface area contributed by atoms with Crippen LogP contribution in [0.1, 0.15) is 18.9 Å². The van der Waals surface area contributed by atoms with Crippen molar-refractivity contribution in [2.24, 2.45) is 5.92 Å². The molecule has 2 heterocycles. The van der Waals surface area contributed by atoms with Crippen LogP contribution in [0, 0.1) is 5.92 Å². The number of anilines is 2. The molecule has 3 aromatic rings. The molecule has 0 saturated heterocycles. The van der Waals surface area contributed by atoms with Gasteiger partial charge in [0.15, 0.2) is 5.82 Å². The molecule has 0 aliphatic heterocycles. The zero-order chi connectivity index (χ0) is 18.3. The number of amides is 1. The van der Waals surface area contributed by atoms with Crippen molar-refractivity contribution in [3.63, 3.8) is 0 Å². The molecule has 1 aliphatic carbocycles. The van der Waals surface area contributed by atoms with E-state index < -0.39 is 12.1 Å². The summed E-state index contributed by atoms with van der Waals surface area (Å²) in [6, 6.07) is 7.48. The monoisotopic (exact) mass is 351 g/mol. The fourth-order valence-corrected chi connectivity index (χ4v) is 3.05. The van der Waals surface area contributed by atoms with Crippen LogP contribution < -0.4 is 11.1 Å². The fraction of sp³-hybridized carbons (Fsp3) is 0.263. The number of nitrogen functional groups attached to an aromatic ring is 1. The Bertz CT molecular complexity index is 1010. The van der Waals surface area contributed by atoms with E-state index in [0.717, 1.165) is 28.5 Å². The normalized spacial score (nSPS) is 18.7. The molecular formula is C19H18FN5O. The van der Waals surface area contributed by atoms with E-state index in [9.17, 15) is 9.18 Å². The number of pyridine rings is 1. The number of alkyl halides is 1. The predicted octanol–water partition coefficient (Wildman–Crippen LogP) is 3.13. The smallest absolute Gasteiger partial charge is 0.231 e. The molecule has 132 valence electrons. The highest BCUT2D eigenvalue weighted by Gasteiger charge is 2.43. The molecule has 4 rings (SSSR count). The molecule has 0 radical (unpaired) electrons. The third-order valence-electron chi connectivity index (χ3n) is 4.62. The third kappa shape index (κ3) is 2.96. The molecule has 26 heavy (non-hydrogen) atoms. The van der Waals surface area contributed by atoms with E-state index >= 15 is 0 Å². The number of nitrogens with zero attached hydrogens (tertiary/aromatic N) is 3.